The molecule has 1 aromatic heterocycles. The Balaban J connectivity index is 2.09. The predicted molar refractivity (Wildman–Crippen MR) is 63.7 cm³/mol. The minimum absolute atomic E-state index is 0.174. The van der Waals surface area contributed by atoms with E-state index in [1.807, 2.05) is 4.72 Å². The Bertz CT molecular complexity index is 623. The topological polar surface area (TPSA) is 83.5 Å². The van der Waals surface area contributed by atoms with Crippen LogP contribution in [-0.2, 0) is 21.0 Å². The van der Waals surface area contributed by atoms with Crippen LogP contribution in [0.1, 0.15) is 12.0 Å². The molecule has 1 aromatic rings. The Hall–Kier alpha value is -1.13. The number of rotatable bonds is 5. The number of nitrogens with one attached hydrogen (secondary N) is 1. The number of sulfonamides is 1. The van der Waals surface area contributed by atoms with E-state index in [1.54, 1.807) is 0 Å². The summed E-state index contributed by atoms with van der Waals surface area (Å²) in [6, 6.07) is 0. The smallest absolute Gasteiger partial charge is 0.418 e. The fourth-order valence-electron chi connectivity index (χ4n) is 1.77. The fourth-order valence-corrected chi connectivity index (χ4v) is 4.29. The number of hydrogen-bond donors (Lipinski definition) is 2. The van der Waals surface area contributed by atoms with E-state index in [2.05, 4.69) is 0 Å². The molecule has 0 unspecified atom stereocenters. The Morgan fingerprint density at radius 2 is 2.10 bits per heavy atom. The lowest BCUT2D eigenvalue weighted by atomic mass is 10.3. The molecule has 1 fully saturated rings. The maximum atomic E-state index is 12.6. The van der Waals surface area contributed by atoms with Crippen LogP contribution in [-0.4, -0.2) is 26.0 Å². The van der Waals surface area contributed by atoms with Gasteiger partial charge in [0.05, 0.1) is 11.5 Å². The standard InChI is InChI=1S/C10H10F3NO4S2/c11-10(12,13)7-3-19-4-8(7)20(17,18)14-2-5-1-6(5)9(15)16/h3-6,14H,1-2H2,(H,15,16)/t5-,6-/m1/s1. The average Bonchev–Trinajstić information content (AvgIpc) is 2.89. The second-order valence-corrected chi connectivity index (χ2v) is 6.92. The third-order valence-electron chi connectivity index (χ3n) is 3.00. The summed E-state index contributed by atoms with van der Waals surface area (Å²) in [6.45, 7) is -0.174. The SMILES string of the molecule is O=C(O)[C@@H]1C[C@@H]1CNS(=O)(=O)c1cscc1C(F)(F)F. The summed E-state index contributed by atoms with van der Waals surface area (Å²) < 4.78 is 63.6. The van der Waals surface area contributed by atoms with Crippen LogP contribution >= 0.6 is 11.3 Å². The molecule has 0 saturated heterocycles. The van der Waals surface area contributed by atoms with Gasteiger partial charge in [0.2, 0.25) is 10.0 Å². The van der Waals surface area contributed by atoms with Crippen molar-refractivity contribution in [2.24, 2.45) is 11.8 Å². The van der Waals surface area contributed by atoms with Crippen molar-refractivity contribution in [2.45, 2.75) is 17.5 Å². The molecule has 2 atom stereocenters. The minimum atomic E-state index is -4.74. The molecule has 0 aliphatic heterocycles. The number of carboxylic acid groups (broad SMARTS) is 1. The van der Waals surface area contributed by atoms with Crippen LogP contribution in [0.4, 0.5) is 13.2 Å². The Kier molecular flexibility index (Phi) is 3.82. The number of carboxylic acids is 1. The van der Waals surface area contributed by atoms with E-state index in [9.17, 15) is 26.4 Å². The lowest BCUT2D eigenvalue weighted by Gasteiger charge is -2.09. The molecule has 2 rings (SSSR count). The third-order valence-corrected chi connectivity index (χ3v) is 5.35. The van der Waals surface area contributed by atoms with Crippen LogP contribution in [0, 0.1) is 11.8 Å². The minimum Gasteiger partial charge on any atom is -0.481 e. The zero-order valence-electron chi connectivity index (χ0n) is 9.85. The Morgan fingerprint density at radius 1 is 1.45 bits per heavy atom. The van der Waals surface area contributed by atoms with Crippen molar-refractivity contribution in [3.8, 4) is 0 Å². The van der Waals surface area contributed by atoms with Gasteiger partial charge in [0.1, 0.15) is 4.90 Å². The molecule has 0 amide bonds. The highest BCUT2D eigenvalue weighted by Gasteiger charge is 2.44. The van der Waals surface area contributed by atoms with Crippen LogP contribution in [0.25, 0.3) is 0 Å². The van der Waals surface area contributed by atoms with Crippen molar-refractivity contribution >= 4 is 27.3 Å². The van der Waals surface area contributed by atoms with Gasteiger partial charge < -0.3 is 5.11 Å². The van der Waals surface area contributed by atoms with Gasteiger partial charge in [-0.25, -0.2) is 13.1 Å². The zero-order valence-corrected chi connectivity index (χ0v) is 11.5. The van der Waals surface area contributed by atoms with Gasteiger partial charge in [0, 0.05) is 17.3 Å². The summed E-state index contributed by atoms with van der Waals surface area (Å²) in [7, 11) is -4.29. The molecular formula is C10H10F3NO4S2. The van der Waals surface area contributed by atoms with E-state index in [4.69, 9.17) is 5.11 Å². The van der Waals surface area contributed by atoms with Gasteiger partial charge in [-0.15, -0.1) is 0 Å². The maximum absolute atomic E-state index is 12.6. The van der Waals surface area contributed by atoms with Crippen LogP contribution in [0.3, 0.4) is 0 Å². The number of alkyl halides is 3. The molecule has 0 spiro atoms. The summed E-state index contributed by atoms with van der Waals surface area (Å²) in [5.41, 5.74) is -1.21. The monoisotopic (exact) mass is 329 g/mol. The van der Waals surface area contributed by atoms with E-state index in [1.165, 1.54) is 0 Å². The fraction of sp³-hybridized carbons (Fsp3) is 0.500. The lowest BCUT2D eigenvalue weighted by Crippen LogP contribution is -2.28. The number of aliphatic carboxylic acids is 1. The quantitative estimate of drug-likeness (QED) is 0.862. The van der Waals surface area contributed by atoms with E-state index in [0.29, 0.717) is 17.8 Å². The second-order valence-electron chi connectivity index (χ2n) is 4.44. The van der Waals surface area contributed by atoms with Gasteiger partial charge in [-0.3, -0.25) is 4.79 Å². The summed E-state index contributed by atoms with van der Waals surface area (Å²) >= 11 is 0.642. The highest BCUT2D eigenvalue weighted by molar-refractivity contribution is 7.89. The van der Waals surface area contributed by atoms with Crippen molar-refractivity contribution in [2.75, 3.05) is 6.54 Å². The Morgan fingerprint density at radius 3 is 2.60 bits per heavy atom. The van der Waals surface area contributed by atoms with E-state index < -0.39 is 38.5 Å². The van der Waals surface area contributed by atoms with E-state index in [-0.39, 0.29) is 12.5 Å². The maximum Gasteiger partial charge on any atom is 0.418 e. The van der Waals surface area contributed by atoms with Crippen molar-refractivity contribution in [1.82, 2.24) is 4.72 Å². The largest absolute Gasteiger partial charge is 0.481 e. The van der Waals surface area contributed by atoms with Crippen LogP contribution in [0.5, 0.6) is 0 Å². The molecule has 1 saturated carbocycles. The molecule has 10 heteroatoms. The van der Waals surface area contributed by atoms with E-state index >= 15 is 0 Å². The molecule has 1 aliphatic carbocycles. The first kappa shape index (κ1) is 15.3. The first-order chi connectivity index (χ1) is 9.13. The molecule has 2 N–H and O–H groups in total. The highest BCUT2D eigenvalue weighted by atomic mass is 32.2. The van der Waals surface area contributed by atoms with Crippen molar-refractivity contribution in [3.05, 3.63) is 16.3 Å². The van der Waals surface area contributed by atoms with Crippen molar-refractivity contribution < 1.29 is 31.5 Å². The molecule has 1 aliphatic rings. The first-order valence-electron chi connectivity index (χ1n) is 5.49. The molecule has 1 heterocycles. The number of hydrogen-bond acceptors (Lipinski definition) is 4. The molecular weight excluding hydrogens is 319 g/mol. The predicted octanol–water partition coefficient (Wildman–Crippen LogP) is 1.77. The van der Waals surface area contributed by atoms with Crippen LogP contribution < -0.4 is 4.72 Å². The highest BCUT2D eigenvalue weighted by Crippen LogP contribution is 2.39. The van der Waals surface area contributed by atoms with Crippen LogP contribution in [0.15, 0.2) is 15.7 Å². The number of thiophene rings is 1. The van der Waals surface area contributed by atoms with Crippen LogP contribution in [0.2, 0.25) is 0 Å². The van der Waals surface area contributed by atoms with E-state index in [0.717, 1.165) is 10.8 Å². The van der Waals surface area contributed by atoms with Crippen molar-refractivity contribution in [1.29, 1.82) is 0 Å². The molecule has 20 heavy (non-hydrogen) atoms. The number of carbonyl (C=O) groups is 1. The molecule has 0 aromatic carbocycles. The van der Waals surface area contributed by atoms with Gasteiger partial charge >= 0.3 is 12.1 Å². The summed E-state index contributed by atoms with van der Waals surface area (Å²) in [5.74, 6) is -2.02. The zero-order chi connectivity index (χ0) is 15.1. The van der Waals surface area contributed by atoms with Gasteiger partial charge in [-0.05, 0) is 12.3 Å². The molecule has 0 bridgehead atoms. The van der Waals surface area contributed by atoms with Crippen molar-refractivity contribution in [3.63, 3.8) is 0 Å². The summed E-state index contributed by atoms with van der Waals surface area (Å²) in [5, 5.41) is 10.3. The normalized spacial score (nSPS) is 22.8. The average molecular weight is 329 g/mol. The lowest BCUT2D eigenvalue weighted by molar-refractivity contribution is -0.140. The second kappa shape index (κ2) is 5.01. The summed E-state index contributed by atoms with van der Waals surface area (Å²) in [4.78, 5) is 9.77. The summed E-state index contributed by atoms with van der Waals surface area (Å²) in [6.07, 6.45) is -4.42. The first-order valence-corrected chi connectivity index (χ1v) is 7.91. The van der Waals surface area contributed by atoms with Gasteiger partial charge in [0.15, 0.2) is 0 Å². The van der Waals surface area contributed by atoms with Gasteiger partial charge in [0.25, 0.3) is 0 Å². The molecule has 112 valence electrons. The van der Waals surface area contributed by atoms with Gasteiger partial charge in [-0.2, -0.15) is 24.5 Å². The molecule has 5 nitrogen and oxygen atoms in total. The number of halogens is 3. The van der Waals surface area contributed by atoms with Gasteiger partial charge in [-0.1, -0.05) is 0 Å². The Labute approximate surface area is 116 Å². The third kappa shape index (κ3) is 3.13. The molecule has 0 radical (unpaired) electrons.